The monoisotopic (exact) mass is 333 g/mol. The number of amides is 1. The van der Waals surface area contributed by atoms with Gasteiger partial charge in [-0.25, -0.2) is 0 Å². The number of carbonyl (C=O) groups is 2. The predicted molar refractivity (Wildman–Crippen MR) is 90.8 cm³/mol. The fourth-order valence-electron chi connectivity index (χ4n) is 3.90. The average molecular weight is 333 g/mol. The standard InChI is InChI=1S/C18H27N3O3/c1-13-15(5-8-20(13)4)16(22)21-9-6-18(7-10-21)11-14(12-19(2)3)24-17(18)23/h5,8,14H,6-7,9-12H2,1-4H3. The largest absolute Gasteiger partial charge is 0.461 e. The zero-order chi connectivity index (χ0) is 17.5. The van der Waals surface area contributed by atoms with Crippen molar-refractivity contribution in [1.29, 1.82) is 0 Å². The number of hydrogen-bond donors (Lipinski definition) is 0. The SMILES string of the molecule is Cc1c(C(=O)N2CCC3(CC2)CC(CN(C)C)OC3=O)ccn1C. The molecule has 0 bridgehead atoms. The van der Waals surface area contributed by atoms with Crippen LogP contribution in [0, 0.1) is 12.3 Å². The van der Waals surface area contributed by atoms with E-state index < -0.39 is 0 Å². The first-order valence-corrected chi connectivity index (χ1v) is 8.59. The zero-order valence-electron chi connectivity index (χ0n) is 15.0. The first kappa shape index (κ1) is 17.0. The molecular weight excluding hydrogens is 306 g/mol. The molecule has 1 unspecified atom stereocenters. The molecule has 1 aromatic heterocycles. The van der Waals surface area contributed by atoms with Gasteiger partial charge in [0.15, 0.2) is 0 Å². The third-order valence-electron chi connectivity index (χ3n) is 5.52. The molecule has 0 radical (unpaired) electrons. The second-order valence-electron chi connectivity index (χ2n) is 7.49. The van der Waals surface area contributed by atoms with Gasteiger partial charge in [-0.1, -0.05) is 0 Å². The zero-order valence-corrected chi connectivity index (χ0v) is 15.0. The number of piperidine rings is 1. The molecule has 6 heteroatoms. The molecule has 0 aromatic carbocycles. The van der Waals surface area contributed by atoms with E-state index in [0.29, 0.717) is 25.9 Å². The molecule has 2 aliphatic heterocycles. The molecule has 24 heavy (non-hydrogen) atoms. The van der Waals surface area contributed by atoms with E-state index in [2.05, 4.69) is 0 Å². The highest BCUT2D eigenvalue weighted by atomic mass is 16.6. The Balaban J connectivity index is 1.64. The number of likely N-dealkylation sites (tertiary alicyclic amines) is 1. The van der Waals surface area contributed by atoms with Crippen molar-refractivity contribution >= 4 is 11.9 Å². The van der Waals surface area contributed by atoms with Gasteiger partial charge in [-0.2, -0.15) is 0 Å². The van der Waals surface area contributed by atoms with Crippen molar-refractivity contribution in [1.82, 2.24) is 14.4 Å². The van der Waals surface area contributed by atoms with Crippen molar-refractivity contribution in [2.24, 2.45) is 12.5 Å². The van der Waals surface area contributed by atoms with E-state index in [4.69, 9.17) is 4.74 Å². The van der Waals surface area contributed by atoms with Crippen LogP contribution >= 0.6 is 0 Å². The Labute approximate surface area is 143 Å². The minimum atomic E-state index is -0.386. The maximum Gasteiger partial charge on any atom is 0.312 e. The number of likely N-dealkylation sites (N-methyl/N-ethyl adjacent to an activating group) is 1. The van der Waals surface area contributed by atoms with Gasteiger partial charge in [0, 0.05) is 45.0 Å². The molecule has 0 saturated carbocycles. The summed E-state index contributed by atoms with van der Waals surface area (Å²) in [6, 6.07) is 1.87. The van der Waals surface area contributed by atoms with Crippen molar-refractivity contribution in [3.05, 3.63) is 23.5 Å². The van der Waals surface area contributed by atoms with Gasteiger partial charge in [0.2, 0.25) is 0 Å². The molecule has 1 amide bonds. The second-order valence-corrected chi connectivity index (χ2v) is 7.49. The molecule has 2 fully saturated rings. The minimum absolute atomic E-state index is 0.0221. The summed E-state index contributed by atoms with van der Waals surface area (Å²) in [6.07, 6.45) is 4.07. The van der Waals surface area contributed by atoms with Crippen molar-refractivity contribution in [2.45, 2.75) is 32.3 Å². The van der Waals surface area contributed by atoms with E-state index >= 15 is 0 Å². The normalized spacial score (nSPS) is 23.1. The summed E-state index contributed by atoms with van der Waals surface area (Å²) in [7, 11) is 5.92. The molecule has 0 N–H and O–H groups in total. The Morgan fingerprint density at radius 1 is 1.38 bits per heavy atom. The summed E-state index contributed by atoms with van der Waals surface area (Å²) >= 11 is 0. The fourth-order valence-corrected chi connectivity index (χ4v) is 3.90. The Morgan fingerprint density at radius 3 is 2.58 bits per heavy atom. The van der Waals surface area contributed by atoms with Crippen LogP contribution in [0.3, 0.4) is 0 Å². The molecule has 3 rings (SSSR count). The van der Waals surface area contributed by atoms with Crippen LogP contribution < -0.4 is 0 Å². The van der Waals surface area contributed by atoms with Crippen LogP contribution in [0.2, 0.25) is 0 Å². The lowest BCUT2D eigenvalue weighted by Crippen LogP contribution is -2.45. The van der Waals surface area contributed by atoms with Crippen LogP contribution in [0.15, 0.2) is 12.3 Å². The maximum atomic E-state index is 12.7. The minimum Gasteiger partial charge on any atom is -0.461 e. The molecule has 132 valence electrons. The van der Waals surface area contributed by atoms with Gasteiger partial charge >= 0.3 is 5.97 Å². The van der Waals surface area contributed by atoms with E-state index in [9.17, 15) is 9.59 Å². The van der Waals surface area contributed by atoms with Gasteiger partial charge in [-0.3, -0.25) is 9.59 Å². The van der Waals surface area contributed by atoms with Gasteiger partial charge < -0.3 is 19.1 Å². The number of hydrogen-bond acceptors (Lipinski definition) is 4. The summed E-state index contributed by atoms with van der Waals surface area (Å²) in [6.45, 7) is 3.96. The van der Waals surface area contributed by atoms with Crippen LogP contribution in [-0.2, 0) is 16.6 Å². The lowest BCUT2D eigenvalue weighted by molar-refractivity contribution is -0.150. The van der Waals surface area contributed by atoms with Crippen molar-refractivity contribution in [3.8, 4) is 0 Å². The van der Waals surface area contributed by atoms with Crippen LogP contribution in [0.25, 0.3) is 0 Å². The third-order valence-corrected chi connectivity index (χ3v) is 5.52. The number of ether oxygens (including phenoxy) is 1. The number of esters is 1. The summed E-state index contributed by atoms with van der Waals surface area (Å²) in [4.78, 5) is 29.0. The molecule has 1 atom stereocenters. The van der Waals surface area contributed by atoms with Gasteiger partial charge in [0.05, 0.1) is 11.0 Å². The molecule has 2 saturated heterocycles. The highest BCUT2D eigenvalue weighted by Gasteiger charge is 2.50. The fraction of sp³-hybridized carbons (Fsp3) is 0.667. The summed E-state index contributed by atoms with van der Waals surface area (Å²) in [5, 5.41) is 0. The molecular formula is C18H27N3O3. The lowest BCUT2D eigenvalue weighted by atomic mass is 9.76. The highest BCUT2D eigenvalue weighted by molar-refractivity contribution is 5.95. The number of cyclic esters (lactones) is 1. The Kier molecular flexibility index (Phi) is 4.42. The predicted octanol–water partition coefficient (Wildman–Crippen LogP) is 1.43. The highest BCUT2D eigenvalue weighted by Crippen LogP contribution is 2.43. The molecule has 3 heterocycles. The number of nitrogens with zero attached hydrogens (tertiary/aromatic N) is 3. The Bertz CT molecular complexity index is 642. The number of aromatic nitrogens is 1. The molecule has 2 aliphatic rings. The van der Waals surface area contributed by atoms with Crippen molar-refractivity contribution < 1.29 is 14.3 Å². The van der Waals surface area contributed by atoms with E-state index in [0.717, 1.165) is 24.2 Å². The summed E-state index contributed by atoms with van der Waals surface area (Å²) in [5.74, 6) is -0.00324. The first-order valence-electron chi connectivity index (χ1n) is 8.59. The number of rotatable bonds is 3. The Hall–Kier alpha value is -1.82. The maximum absolute atomic E-state index is 12.7. The molecule has 1 aromatic rings. The lowest BCUT2D eigenvalue weighted by Gasteiger charge is -2.36. The average Bonchev–Trinajstić information content (AvgIpc) is 3.00. The van der Waals surface area contributed by atoms with Crippen LogP contribution in [-0.4, -0.2) is 66.1 Å². The quantitative estimate of drug-likeness (QED) is 0.786. The van der Waals surface area contributed by atoms with Crippen LogP contribution in [0.5, 0.6) is 0 Å². The van der Waals surface area contributed by atoms with E-state index in [1.54, 1.807) is 0 Å². The number of aryl methyl sites for hydroxylation is 1. The van der Waals surface area contributed by atoms with Crippen LogP contribution in [0.1, 0.15) is 35.3 Å². The topological polar surface area (TPSA) is 54.8 Å². The van der Waals surface area contributed by atoms with Gasteiger partial charge in [0.1, 0.15) is 6.10 Å². The van der Waals surface area contributed by atoms with Crippen LogP contribution in [0.4, 0.5) is 0 Å². The van der Waals surface area contributed by atoms with Gasteiger partial charge in [-0.15, -0.1) is 0 Å². The second kappa shape index (κ2) is 6.24. The molecule has 0 aliphatic carbocycles. The van der Waals surface area contributed by atoms with E-state index in [1.165, 1.54) is 0 Å². The summed E-state index contributed by atoms with van der Waals surface area (Å²) < 4.78 is 7.54. The molecule has 6 nitrogen and oxygen atoms in total. The van der Waals surface area contributed by atoms with Crippen molar-refractivity contribution in [3.63, 3.8) is 0 Å². The number of carbonyl (C=O) groups excluding carboxylic acids is 2. The Morgan fingerprint density at radius 2 is 2.04 bits per heavy atom. The van der Waals surface area contributed by atoms with Gasteiger partial charge in [-0.05, 0) is 39.9 Å². The smallest absolute Gasteiger partial charge is 0.312 e. The third kappa shape index (κ3) is 2.95. The summed E-state index contributed by atoms with van der Waals surface area (Å²) in [5.41, 5.74) is 1.35. The van der Waals surface area contributed by atoms with Gasteiger partial charge in [0.25, 0.3) is 5.91 Å². The van der Waals surface area contributed by atoms with Crippen molar-refractivity contribution in [2.75, 3.05) is 33.7 Å². The first-order chi connectivity index (χ1) is 11.3. The molecule has 1 spiro atoms. The van der Waals surface area contributed by atoms with E-state index in [-0.39, 0.29) is 23.4 Å². The van der Waals surface area contributed by atoms with E-state index in [1.807, 2.05) is 54.7 Å².